The summed E-state index contributed by atoms with van der Waals surface area (Å²) in [6.45, 7) is 1.69. The average molecular weight is 452 g/mol. The van der Waals surface area contributed by atoms with Crippen LogP contribution in [0.3, 0.4) is 0 Å². The maximum Gasteiger partial charge on any atom is 0.301 e. The first-order chi connectivity index (χ1) is 15.3. The number of anilines is 1. The van der Waals surface area contributed by atoms with Gasteiger partial charge in [-0.1, -0.05) is 23.5 Å². The Morgan fingerprint density at radius 2 is 1.91 bits per heavy atom. The Kier molecular flexibility index (Phi) is 5.41. The number of ketones is 1. The third kappa shape index (κ3) is 3.58. The Labute approximate surface area is 185 Å². The van der Waals surface area contributed by atoms with Crippen LogP contribution in [0.4, 0.5) is 10.8 Å². The second-order valence-electron chi connectivity index (χ2n) is 6.85. The zero-order chi connectivity index (χ0) is 23.0. The molecular formula is C21H16N4O6S. The second-order valence-corrected chi connectivity index (χ2v) is 8.01. The number of hydrogen-bond donors (Lipinski definition) is 1. The van der Waals surface area contributed by atoms with Crippen molar-refractivity contribution in [3.63, 3.8) is 0 Å². The normalized spacial score (nSPS) is 17.6. The van der Waals surface area contributed by atoms with Crippen LogP contribution in [0, 0.1) is 17.0 Å². The number of aliphatic hydroxyl groups is 1. The minimum Gasteiger partial charge on any atom is -0.507 e. The first kappa shape index (κ1) is 21.1. The van der Waals surface area contributed by atoms with E-state index in [2.05, 4.69) is 10.2 Å². The summed E-state index contributed by atoms with van der Waals surface area (Å²) in [7, 11) is 1.49. The van der Waals surface area contributed by atoms with Crippen molar-refractivity contribution in [1.82, 2.24) is 10.2 Å². The molecule has 1 N–H and O–H groups in total. The molecule has 162 valence electrons. The number of carbonyl (C=O) groups excluding carboxylic acids is 2. The summed E-state index contributed by atoms with van der Waals surface area (Å²) in [5.74, 6) is -1.71. The minimum absolute atomic E-state index is 0.148. The second kappa shape index (κ2) is 8.19. The molecule has 1 amide bonds. The molecule has 1 saturated heterocycles. The Bertz CT molecular complexity index is 1270. The van der Waals surface area contributed by atoms with Crippen LogP contribution < -0.4 is 9.64 Å². The van der Waals surface area contributed by atoms with Crippen molar-refractivity contribution in [2.24, 2.45) is 0 Å². The lowest BCUT2D eigenvalue weighted by molar-refractivity contribution is -0.384. The zero-order valence-corrected chi connectivity index (χ0v) is 17.7. The number of benzene rings is 2. The Morgan fingerprint density at radius 1 is 1.19 bits per heavy atom. The number of carbonyl (C=O) groups is 2. The molecule has 4 rings (SSSR count). The summed E-state index contributed by atoms with van der Waals surface area (Å²) in [6.07, 6.45) is 0. The predicted molar refractivity (Wildman–Crippen MR) is 116 cm³/mol. The van der Waals surface area contributed by atoms with Crippen LogP contribution in [-0.4, -0.2) is 39.0 Å². The zero-order valence-electron chi connectivity index (χ0n) is 16.9. The highest BCUT2D eigenvalue weighted by molar-refractivity contribution is 7.15. The Hall–Kier alpha value is -4.12. The van der Waals surface area contributed by atoms with Gasteiger partial charge in [0.05, 0.1) is 23.6 Å². The van der Waals surface area contributed by atoms with Gasteiger partial charge in [0.2, 0.25) is 5.13 Å². The van der Waals surface area contributed by atoms with E-state index in [0.29, 0.717) is 10.8 Å². The number of Topliss-reactive ketones (excluding diaryl/α,β-unsaturated/α-hetero) is 1. The van der Waals surface area contributed by atoms with Gasteiger partial charge in [0, 0.05) is 17.7 Å². The van der Waals surface area contributed by atoms with Gasteiger partial charge in [-0.25, -0.2) is 0 Å². The fourth-order valence-corrected chi connectivity index (χ4v) is 4.16. The number of nitro benzene ring substituents is 1. The number of non-ortho nitro benzene ring substituents is 1. The first-order valence-corrected chi connectivity index (χ1v) is 10.1. The highest BCUT2D eigenvalue weighted by atomic mass is 32.1. The third-order valence-electron chi connectivity index (χ3n) is 4.93. The van der Waals surface area contributed by atoms with Gasteiger partial charge in [-0.15, -0.1) is 10.2 Å². The van der Waals surface area contributed by atoms with E-state index >= 15 is 0 Å². The quantitative estimate of drug-likeness (QED) is 0.205. The summed E-state index contributed by atoms with van der Waals surface area (Å²) in [5.41, 5.74) is 0.147. The molecule has 32 heavy (non-hydrogen) atoms. The van der Waals surface area contributed by atoms with Crippen LogP contribution >= 0.6 is 11.3 Å². The Balaban J connectivity index is 1.94. The van der Waals surface area contributed by atoms with Crippen molar-refractivity contribution >= 4 is 39.6 Å². The van der Waals surface area contributed by atoms with E-state index in [0.717, 1.165) is 16.2 Å². The first-order valence-electron chi connectivity index (χ1n) is 9.31. The molecule has 1 aliphatic rings. The van der Waals surface area contributed by atoms with E-state index in [-0.39, 0.29) is 27.5 Å². The van der Waals surface area contributed by atoms with Crippen LogP contribution in [0.15, 0.2) is 54.1 Å². The number of methoxy groups -OCH3 is 1. The number of aromatic nitrogens is 2. The van der Waals surface area contributed by atoms with Gasteiger partial charge in [0.15, 0.2) is 0 Å². The van der Waals surface area contributed by atoms with Crippen LogP contribution in [0.5, 0.6) is 5.75 Å². The summed E-state index contributed by atoms with van der Waals surface area (Å²) in [5, 5.41) is 30.9. The van der Waals surface area contributed by atoms with Gasteiger partial charge >= 0.3 is 5.91 Å². The summed E-state index contributed by atoms with van der Waals surface area (Å²) in [4.78, 5) is 37.9. The van der Waals surface area contributed by atoms with Gasteiger partial charge in [-0.3, -0.25) is 24.6 Å². The van der Waals surface area contributed by atoms with E-state index < -0.39 is 28.4 Å². The van der Waals surface area contributed by atoms with Crippen molar-refractivity contribution in [2.75, 3.05) is 12.0 Å². The van der Waals surface area contributed by atoms with Crippen LogP contribution in [0.2, 0.25) is 0 Å². The smallest absolute Gasteiger partial charge is 0.301 e. The standard InChI is InChI=1S/C21H16N4O6S/c1-11-22-23-21(32-11)24-17(13-4-3-5-14(10-13)25(29)30)16(19(27)20(24)28)18(26)12-6-8-15(31-2)9-7-12/h3-10,17,26H,1-2H3/t17-/m0/s1. The number of amides is 1. The van der Waals surface area contributed by atoms with E-state index in [1.54, 1.807) is 37.3 Å². The van der Waals surface area contributed by atoms with Gasteiger partial charge < -0.3 is 9.84 Å². The molecule has 11 heteroatoms. The van der Waals surface area contributed by atoms with Crippen molar-refractivity contribution in [3.8, 4) is 5.75 Å². The molecule has 10 nitrogen and oxygen atoms in total. The fraction of sp³-hybridized carbons (Fsp3) is 0.143. The lowest BCUT2D eigenvalue weighted by Crippen LogP contribution is -2.29. The average Bonchev–Trinajstić information content (AvgIpc) is 3.34. The molecule has 0 bridgehead atoms. The molecule has 2 heterocycles. The van der Waals surface area contributed by atoms with Gasteiger partial charge in [-0.2, -0.15) is 0 Å². The number of hydrogen-bond acceptors (Lipinski definition) is 9. The fourth-order valence-electron chi connectivity index (χ4n) is 3.44. The molecule has 2 aromatic carbocycles. The number of nitrogens with zero attached hydrogens (tertiary/aromatic N) is 4. The van der Waals surface area contributed by atoms with E-state index in [1.165, 1.54) is 25.3 Å². The molecule has 0 spiro atoms. The molecular weight excluding hydrogens is 436 g/mol. The van der Waals surface area contributed by atoms with Gasteiger partial charge in [0.1, 0.15) is 16.5 Å². The largest absolute Gasteiger partial charge is 0.507 e. The SMILES string of the molecule is COc1ccc(C(O)=C2C(=O)C(=O)N(c3nnc(C)s3)[C@H]2c2cccc([N+](=O)[O-])c2)cc1. The summed E-state index contributed by atoms with van der Waals surface area (Å²) >= 11 is 1.09. The maximum atomic E-state index is 13.0. The minimum atomic E-state index is -1.12. The number of nitro groups is 1. The van der Waals surface area contributed by atoms with Crippen LogP contribution in [0.1, 0.15) is 22.2 Å². The Morgan fingerprint density at radius 3 is 2.50 bits per heavy atom. The van der Waals surface area contributed by atoms with Gasteiger partial charge in [-0.05, 0) is 36.8 Å². The number of ether oxygens (including phenoxy) is 1. The molecule has 0 radical (unpaired) electrons. The molecule has 0 aliphatic carbocycles. The number of aliphatic hydroxyl groups excluding tert-OH is 1. The van der Waals surface area contributed by atoms with Gasteiger partial charge in [0.25, 0.3) is 11.5 Å². The molecule has 3 aromatic rings. The van der Waals surface area contributed by atoms with E-state index in [4.69, 9.17) is 4.74 Å². The van der Waals surface area contributed by atoms with E-state index in [9.17, 15) is 24.8 Å². The van der Waals surface area contributed by atoms with Crippen LogP contribution in [0.25, 0.3) is 5.76 Å². The lowest BCUT2D eigenvalue weighted by atomic mass is 9.95. The van der Waals surface area contributed by atoms with Crippen molar-refractivity contribution in [1.29, 1.82) is 0 Å². The molecule has 1 fully saturated rings. The number of rotatable bonds is 5. The maximum absolute atomic E-state index is 13.0. The molecule has 1 aromatic heterocycles. The highest BCUT2D eigenvalue weighted by Gasteiger charge is 2.48. The third-order valence-corrected chi connectivity index (χ3v) is 5.76. The lowest BCUT2D eigenvalue weighted by Gasteiger charge is -2.22. The molecule has 0 unspecified atom stereocenters. The van der Waals surface area contributed by atoms with Crippen molar-refractivity contribution in [3.05, 3.63) is 80.4 Å². The molecule has 0 saturated carbocycles. The highest BCUT2D eigenvalue weighted by Crippen LogP contribution is 2.43. The molecule has 1 atom stereocenters. The van der Waals surface area contributed by atoms with E-state index in [1.807, 2.05) is 0 Å². The monoisotopic (exact) mass is 452 g/mol. The summed E-state index contributed by atoms with van der Waals surface area (Å²) in [6, 6.07) is 10.7. The molecule has 1 aliphatic heterocycles. The van der Waals surface area contributed by atoms with Crippen molar-refractivity contribution < 1.29 is 24.4 Å². The van der Waals surface area contributed by atoms with Crippen molar-refractivity contribution in [2.45, 2.75) is 13.0 Å². The topological polar surface area (TPSA) is 136 Å². The van der Waals surface area contributed by atoms with Crippen LogP contribution in [-0.2, 0) is 9.59 Å². The number of aryl methyl sites for hydroxylation is 1. The summed E-state index contributed by atoms with van der Waals surface area (Å²) < 4.78 is 5.11. The predicted octanol–water partition coefficient (Wildman–Crippen LogP) is 3.39.